The highest BCUT2D eigenvalue weighted by molar-refractivity contribution is 5.64. The molecule has 1 aliphatic rings. The zero-order valence-electron chi connectivity index (χ0n) is 5.05. The van der Waals surface area contributed by atoms with Gasteiger partial charge in [-0.2, -0.15) is 0 Å². The van der Waals surface area contributed by atoms with Crippen molar-refractivity contribution in [3.05, 3.63) is 0 Å². The highest BCUT2D eigenvalue weighted by Crippen LogP contribution is 1.98. The molecule has 1 aliphatic heterocycles. The quantitative estimate of drug-likeness (QED) is 0.477. The van der Waals surface area contributed by atoms with E-state index in [1.165, 1.54) is 0 Å². The van der Waals surface area contributed by atoms with Crippen molar-refractivity contribution in [2.45, 2.75) is 12.5 Å². The van der Waals surface area contributed by atoms with Crippen LogP contribution >= 0.6 is 0 Å². The van der Waals surface area contributed by atoms with E-state index in [0.717, 1.165) is 13.0 Å². The molecule has 0 aromatic heterocycles. The summed E-state index contributed by atoms with van der Waals surface area (Å²) in [7, 11) is 0. The third kappa shape index (κ3) is 1.89. The van der Waals surface area contributed by atoms with E-state index in [4.69, 9.17) is 5.11 Å². The minimum Gasteiger partial charge on any atom is -0.465 e. The first-order chi connectivity index (χ1) is 4.29. The number of nitrogens with one attached hydrogen (secondary N) is 2. The maximum Gasteiger partial charge on any atom is 0.404 e. The van der Waals surface area contributed by atoms with Crippen molar-refractivity contribution in [1.82, 2.24) is 10.6 Å². The SMILES string of the molecule is O=C(O)NC[C@H]1CCN1. The maximum absolute atomic E-state index is 9.90. The van der Waals surface area contributed by atoms with Crippen LogP contribution in [-0.2, 0) is 0 Å². The second-order valence-electron chi connectivity index (χ2n) is 2.13. The summed E-state index contributed by atoms with van der Waals surface area (Å²) in [6.45, 7) is 1.56. The normalized spacial score (nSPS) is 24.7. The average molecular weight is 130 g/mol. The number of carboxylic acid groups (broad SMARTS) is 1. The Labute approximate surface area is 53.2 Å². The summed E-state index contributed by atoms with van der Waals surface area (Å²) in [6, 6.07) is 0.376. The lowest BCUT2D eigenvalue weighted by atomic mass is 10.1. The molecule has 1 heterocycles. The van der Waals surface area contributed by atoms with Gasteiger partial charge in [0.15, 0.2) is 0 Å². The van der Waals surface area contributed by atoms with Crippen LogP contribution in [0, 0.1) is 0 Å². The van der Waals surface area contributed by atoms with Crippen molar-refractivity contribution >= 4 is 6.09 Å². The fraction of sp³-hybridized carbons (Fsp3) is 0.800. The number of rotatable bonds is 2. The van der Waals surface area contributed by atoms with Gasteiger partial charge in [0, 0.05) is 12.6 Å². The molecule has 0 radical (unpaired) electrons. The van der Waals surface area contributed by atoms with Crippen molar-refractivity contribution in [1.29, 1.82) is 0 Å². The molecule has 0 saturated carbocycles. The van der Waals surface area contributed by atoms with E-state index < -0.39 is 6.09 Å². The van der Waals surface area contributed by atoms with Gasteiger partial charge in [-0.15, -0.1) is 0 Å². The number of carbonyl (C=O) groups is 1. The molecular formula is C5H10N2O2. The maximum atomic E-state index is 9.90. The van der Waals surface area contributed by atoms with E-state index in [9.17, 15) is 4.79 Å². The van der Waals surface area contributed by atoms with Crippen LogP contribution in [0.2, 0.25) is 0 Å². The number of hydrogen-bond acceptors (Lipinski definition) is 2. The second-order valence-corrected chi connectivity index (χ2v) is 2.13. The molecule has 0 aliphatic carbocycles. The molecule has 0 spiro atoms. The molecule has 0 unspecified atom stereocenters. The Morgan fingerprint density at radius 3 is 2.89 bits per heavy atom. The van der Waals surface area contributed by atoms with Gasteiger partial charge in [-0.05, 0) is 13.0 Å². The Balaban J connectivity index is 1.97. The summed E-state index contributed by atoms with van der Waals surface area (Å²) < 4.78 is 0. The third-order valence-corrected chi connectivity index (χ3v) is 1.43. The topological polar surface area (TPSA) is 61.4 Å². The third-order valence-electron chi connectivity index (χ3n) is 1.43. The predicted octanol–water partition coefficient (Wildman–Crippen LogP) is -0.384. The van der Waals surface area contributed by atoms with Crippen LogP contribution in [0.1, 0.15) is 6.42 Å². The van der Waals surface area contributed by atoms with Gasteiger partial charge in [-0.1, -0.05) is 0 Å². The van der Waals surface area contributed by atoms with Gasteiger partial charge < -0.3 is 15.7 Å². The van der Waals surface area contributed by atoms with Gasteiger partial charge >= 0.3 is 6.09 Å². The summed E-state index contributed by atoms with van der Waals surface area (Å²) in [5.74, 6) is 0. The molecule has 0 aromatic carbocycles. The summed E-state index contributed by atoms with van der Waals surface area (Å²) in [4.78, 5) is 9.90. The van der Waals surface area contributed by atoms with E-state index in [0.29, 0.717) is 12.6 Å². The first-order valence-electron chi connectivity index (χ1n) is 2.99. The zero-order valence-corrected chi connectivity index (χ0v) is 5.05. The van der Waals surface area contributed by atoms with E-state index in [2.05, 4.69) is 10.6 Å². The molecule has 52 valence electrons. The molecule has 1 saturated heterocycles. The summed E-state index contributed by atoms with van der Waals surface area (Å²) in [5.41, 5.74) is 0. The van der Waals surface area contributed by atoms with E-state index in [1.807, 2.05) is 0 Å². The predicted molar refractivity (Wildman–Crippen MR) is 32.4 cm³/mol. The van der Waals surface area contributed by atoms with Crippen molar-refractivity contribution in [3.63, 3.8) is 0 Å². The smallest absolute Gasteiger partial charge is 0.404 e. The van der Waals surface area contributed by atoms with Gasteiger partial charge in [0.05, 0.1) is 0 Å². The molecule has 0 bridgehead atoms. The molecule has 1 fully saturated rings. The first-order valence-corrected chi connectivity index (χ1v) is 2.99. The molecule has 0 aromatic rings. The lowest BCUT2D eigenvalue weighted by Crippen LogP contribution is -2.49. The van der Waals surface area contributed by atoms with Crippen LogP contribution < -0.4 is 10.6 Å². The summed E-state index contributed by atoms with van der Waals surface area (Å²) >= 11 is 0. The van der Waals surface area contributed by atoms with Crippen LogP contribution in [-0.4, -0.2) is 30.3 Å². The van der Waals surface area contributed by atoms with Crippen LogP contribution in [0.15, 0.2) is 0 Å². The molecular weight excluding hydrogens is 120 g/mol. The van der Waals surface area contributed by atoms with Gasteiger partial charge in [-0.3, -0.25) is 0 Å². The molecule has 9 heavy (non-hydrogen) atoms. The standard InChI is InChI=1S/C5H10N2O2/c8-5(9)7-3-4-1-2-6-4/h4,6-7H,1-3H2,(H,8,9)/t4-/m1/s1. The lowest BCUT2D eigenvalue weighted by Gasteiger charge is -2.26. The zero-order chi connectivity index (χ0) is 6.69. The van der Waals surface area contributed by atoms with E-state index in [-0.39, 0.29) is 0 Å². The largest absolute Gasteiger partial charge is 0.465 e. The minimum absolute atomic E-state index is 0.376. The van der Waals surface area contributed by atoms with Crippen molar-refractivity contribution < 1.29 is 9.90 Å². The van der Waals surface area contributed by atoms with Gasteiger partial charge in [-0.25, -0.2) is 4.79 Å². The minimum atomic E-state index is -0.941. The molecule has 3 N–H and O–H groups in total. The number of hydrogen-bond donors (Lipinski definition) is 3. The van der Waals surface area contributed by atoms with Crippen LogP contribution in [0.3, 0.4) is 0 Å². The Bertz CT molecular complexity index is 112. The van der Waals surface area contributed by atoms with Gasteiger partial charge in [0.2, 0.25) is 0 Å². The van der Waals surface area contributed by atoms with Crippen molar-refractivity contribution in [3.8, 4) is 0 Å². The Morgan fingerprint density at radius 1 is 1.89 bits per heavy atom. The Kier molecular flexibility index (Phi) is 1.89. The van der Waals surface area contributed by atoms with E-state index in [1.54, 1.807) is 0 Å². The Morgan fingerprint density at radius 2 is 2.56 bits per heavy atom. The fourth-order valence-electron chi connectivity index (χ4n) is 0.733. The first kappa shape index (κ1) is 6.35. The monoisotopic (exact) mass is 130 g/mol. The summed E-state index contributed by atoms with van der Waals surface area (Å²) in [5, 5.41) is 13.5. The Hall–Kier alpha value is -0.770. The van der Waals surface area contributed by atoms with Crippen molar-refractivity contribution in [2.24, 2.45) is 0 Å². The van der Waals surface area contributed by atoms with Crippen molar-refractivity contribution in [2.75, 3.05) is 13.1 Å². The van der Waals surface area contributed by atoms with Crippen LogP contribution in [0.4, 0.5) is 4.79 Å². The average Bonchev–Trinajstić information content (AvgIpc) is 1.60. The van der Waals surface area contributed by atoms with E-state index >= 15 is 0 Å². The van der Waals surface area contributed by atoms with Crippen LogP contribution in [0.5, 0.6) is 0 Å². The molecule has 4 heteroatoms. The molecule has 1 atom stereocenters. The lowest BCUT2D eigenvalue weighted by molar-refractivity contribution is 0.191. The van der Waals surface area contributed by atoms with Gasteiger partial charge in [0.1, 0.15) is 0 Å². The fourth-order valence-corrected chi connectivity index (χ4v) is 0.733. The van der Waals surface area contributed by atoms with Crippen LogP contribution in [0.25, 0.3) is 0 Å². The summed E-state index contributed by atoms with van der Waals surface area (Å²) in [6.07, 6.45) is 0.143. The molecule has 1 rings (SSSR count). The molecule has 4 nitrogen and oxygen atoms in total. The second kappa shape index (κ2) is 2.68. The highest BCUT2D eigenvalue weighted by atomic mass is 16.4. The number of amides is 1. The van der Waals surface area contributed by atoms with Gasteiger partial charge in [0.25, 0.3) is 0 Å². The molecule has 1 amide bonds. The highest BCUT2D eigenvalue weighted by Gasteiger charge is 2.15.